The van der Waals surface area contributed by atoms with Crippen molar-refractivity contribution in [3.8, 4) is 0 Å². The van der Waals surface area contributed by atoms with Crippen LogP contribution in [-0.2, 0) is 4.74 Å². The Kier molecular flexibility index (Phi) is 4.33. The van der Waals surface area contributed by atoms with Gasteiger partial charge in [0.15, 0.2) is 0 Å². The van der Waals surface area contributed by atoms with Crippen LogP contribution in [0.1, 0.15) is 43.5 Å². The molecule has 0 spiro atoms. The number of rotatable bonds is 2. The van der Waals surface area contributed by atoms with E-state index in [9.17, 15) is 4.79 Å². The Balaban J connectivity index is 1.96. The molecule has 1 saturated carbocycles. The molecule has 3 heteroatoms. The van der Waals surface area contributed by atoms with E-state index < -0.39 is 0 Å². The van der Waals surface area contributed by atoms with Gasteiger partial charge in [0, 0.05) is 4.90 Å². The van der Waals surface area contributed by atoms with E-state index in [4.69, 9.17) is 4.74 Å². The predicted molar refractivity (Wildman–Crippen MR) is 75.1 cm³/mol. The van der Waals surface area contributed by atoms with Crippen molar-refractivity contribution in [1.82, 2.24) is 0 Å². The number of ether oxygens (including phenoxy) is 1. The highest BCUT2D eigenvalue weighted by Gasteiger charge is 2.27. The molecule has 0 radical (unpaired) electrons. The molecule has 1 aliphatic rings. The summed E-state index contributed by atoms with van der Waals surface area (Å²) in [6.45, 7) is 4.51. The second-order valence-electron chi connectivity index (χ2n) is 5.35. The van der Waals surface area contributed by atoms with Crippen molar-refractivity contribution >= 4 is 18.6 Å². The van der Waals surface area contributed by atoms with Crippen molar-refractivity contribution in [1.29, 1.82) is 0 Å². The summed E-state index contributed by atoms with van der Waals surface area (Å²) < 4.78 is 5.58. The van der Waals surface area contributed by atoms with Crippen molar-refractivity contribution in [2.75, 3.05) is 0 Å². The largest absolute Gasteiger partial charge is 0.459 e. The first-order chi connectivity index (χ1) is 8.56. The van der Waals surface area contributed by atoms with Crippen LogP contribution in [0.4, 0.5) is 0 Å². The van der Waals surface area contributed by atoms with E-state index in [1.165, 1.54) is 0 Å². The van der Waals surface area contributed by atoms with Crippen LogP contribution >= 0.6 is 12.6 Å². The van der Waals surface area contributed by atoms with Gasteiger partial charge in [-0.3, -0.25) is 0 Å². The average Bonchev–Trinajstić information content (AvgIpc) is 2.34. The third-order valence-electron chi connectivity index (χ3n) is 3.91. The number of hydrogen-bond donors (Lipinski definition) is 1. The fourth-order valence-corrected chi connectivity index (χ4v) is 2.68. The summed E-state index contributed by atoms with van der Waals surface area (Å²) in [5.41, 5.74) is 0.591. The normalized spacial score (nSPS) is 27.8. The Morgan fingerprint density at radius 3 is 2.72 bits per heavy atom. The maximum absolute atomic E-state index is 12.0. The number of carbonyl (C=O) groups excluding carboxylic acids is 1. The Hall–Kier alpha value is -0.960. The lowest BCUT2D eigenvalue weighted by atomic mass is 9.80. The standard InChI is InChI=1S/C15H20O2S/c1-10-6-7-13(8-11(10)2)17-15(16)12-4-3-5-14(18)9-12/h3-5,9-11,13,18H,6-8H2,1-2H3. The first kappa shape index (κ1) is 13.5. The van der Waals surface area contributed by atoms with Gasteiger partial charge in [-0.1, -0.05) is 19.9 Å². The van der Waals surface area contributed by atoms with Crippen LogP contribution < -0.4 is 0 Å². The Bertz CT molecular complexity index is 430. The molecule has 1 aromatic carbocycles. The van der Waals surface area contributed by atoms with Crippen molar-refractivity contribution in [3.63, 3.8) is 0 Å². The number of thiol groups is 1. The fourth-order valence-electron chi connectivity index (χ4n) is 2.46. The molecule has 98 valence electrons. The molecule has 0 aromatic heterocycles. The van der Waals surface area contributed by atoms with E-state index in [0.29, 0.717) is 11.5 Å². The monoisotopic (exact) mass is 264 g/mol. The maximum atomic E-state index is 12.0. The van der Waals surface area contributed by atoms with E-state index in [-0.39, 0.29) is 12.1 Å². The van der Waals surface area contributed by atoms with Gasteiger partial charge < -0.3 is 4.74 Å². The van der Waals surface area contributed by atoms with Crippen molar-refractivity contribution in [2.24, 2.45) is 11.8 Å². The van der Waals surface area contributed by atoms with Crippen LogP contribution in [0, 0.1) is 11.8 Å². The molecule has 0 heterocycles. The summed E-state index contributed by atoms with van der Waals surface area (Å²) in [5, 5.41) is 0. The molecule has 1 aliphatic carbocycles. The van der Waals surface area contributed by atoms with Crippen molar-refractivity contribution < 1.29 is 9.53 Å². The highest BCUT2D eigenvalue weighted by molar-refractivity contribution is 7.80. The van der Waals surface area contributed by atoms with Gasteiger partial charge >= 0.3 is 5.97 Å². The van der Waals surface area contributed by atoms with E-state index in [1.807, 2.05) is 12.1 Å². The zero-order valence-electron chi connectivity index (χ0n) is 10.9. The molecule has 1 fully saturated rings. The Morgan fingerprint density at radius 1 is 1.28 bits per heavy atom. The van der Waals surface area contributed by atoms with Crippen LogP contribution in [0.15, 0.2) is 29.2 Å². The van der Waals surface area contributed by atoms with Gasteiger partial charge in [-0.05, 0) is 49.3 Å². The molecule has 0 bridgehead atoms. The quantitative estimate of drug-likeness (QED) is 0.646. The molecule has 1 aromatic rings. The van der Waals surface area contributed by atoms with Crippen molar-refractivity contribution in [3.05, 3.63) is 29.8 Å². The Morgan fingerprint density at radius 2 is 2.06 bits per heavy atom. The van der Waals surface area contributed by atoms with Gasteiger partial charge in [-0.25, -0.2) is 4.79 Å². The number of hydrogen-bond acceptors (Lipinski definition) is 3. The SMILES string of the molecule is CC1CCC(OC(=O)c2cccc(S)c2)CC1C. The minimum absolute atomic E-state index is 0.0762. The molecule has 3 unspecified atom stereocenters. The number of esters is 1. The summed E-state index contributed by atoms with van der Waals surface area (Å²) in [6, 6.07) is 7.20. The smallest absolute Gasteiger partial charge is 0.338 e. The molecule has 0 amide bonds. The lowest BCUT2D eigenvalue weighted by Gasteiger charge is -2.31. The number of benzene rings is 1. The van der Waals surface area contributed by atoms with Gasteiger partial charge in [-0.15, -0.1) is 12.6 Å². The lowest BCUT2D eigenvalue weighted by molar-refractivity contribution is 0.00876. The third kappa shape index (κ3) is 3.29. The van der Waals surface area contributed by atoms with Gasteiger partial charge in [0.1, 0.15) is 6.10 Å². The van der Waals surface area contributed by atoms with Gasteiger partial charge in [0.2, 0.25) is 0 Å². The summed E-state index contributed by atoms with van der Waals surface area (Å²) >= 11 is 4.23. The molecular formula is C15H20O2S. The zero-order chi connectivity index (χ0) is 13.1. The van der Waals surface area contributed by atoms with Crippen LogP contribution in [0.3, 0.4) is 0 Å². The van der Waals surface area contributed by atoms with Gasteiger partial charge in [0.05, 0.1) is 5.56 Å². The van der Waals surface area contributed by atoms with Crippen LogP contribution in [0.2, 0.25) is 0 Å². The molecule has 0 aliphatic heterocycles. The average molecular weight is 264 g/mol. The topological polar surface area (TPSA) is 26.3 Å². The van der Waals surface area contributed by atoms with Crippen LogP contribution in [-0.4, -0.2) is 12.1 Å². The minimum Gasteiger partial charge on any atom is -0.459 e. The molecule has 0 saturated heterocycles. The van der Waals surface area contributed by atoms with Crippen LogP contribution in [0.5, 0.6) is 0 Å². The molecule has 18 heavy (non-hydrogen) atoms. The van der Waals surface area contributed by atoms with E-state index in [2.05, 4.69) is 26.5 Å². The number of carbonyl (C=O) groups is 1. The summed E-state index contributed by atoms with van der Waals surface area (Å²) in [5.74, 6) is 1.14. The molecule has 2 rings (SSSR count). The van der Waals surface area contributed by atoms with Crippen LogP contribution in [0.25, 0.3) is 0 Å². The van der Waals surface area contributed by atoms with Gasteiger partial charge in [-0.2, -0.15) is 0 Å². The molecule has 2 nitrogen and oxygen atoms in total. The third-order valence-corrected chi connectivity index (χ3v) is 4.18. The summed E-state index contributed by atoms with van der Waals surface area (Å²) in [4.78, 5) is 12.8. The fraction of sp³-hybridized carbons (Fsp3) is 0.533. The van der Waals surface area contributed by atoms with E-state index in [1.54, 1.807) is 12.1 Å². The first-order valence-corrected chi connectivity index (χ1v) is 7.01. The second kappa shape index (κ2) is 5.79. The zero-order valence-corrected chi connectivity index (χ0v) is 11.8. The molecule has 0 N–H and O–H groups in total. The maximum Gasteiger partial charge on any atom is 0.338 e. The summed E-state index contributed by atoms with van der Waals surface area (Å²) in [7, 11) is 0. The van der Waals surface area contributed by atoms with Crippen molar-refractivity contribution in [2.45, 2.75) is 44.1 Å². The minimum atomic E-state index is -0.224. The van der Waals surface area contributed by atoms with E-state index >= 15 is 0 Å². The highest BCUT2D eigenvalue weighted by Crippen LogP contribution is 2.31. The van der Waals surface area contributed by atoms with Gasteiger partial charge in [0.25, 0.3) is 0 Å². The van der Waals surface area contributed by atoms with E-state index in [0.717, 1.165) is 30.1 Å². The lowest BCUT2D eigenvalue weighted by Crippen LogP contribution is -2.28. The Labute approximate surface area is 114 Å². The second-order valence-corrected chi connectivity index (χ2v) is 5.86. The summed E-state index contributed by atoms with van der Waals surface area (Å²) in [6.07, 6.45) is 3.18. The molecule has 3 atom stereocenters. The first-order valence-electron chi connectivity index (χ1n) is 6.56. The molecular weight excluding hydrogens is 244 g/mol. The predicted octanol–water partition coefficient (Wildman–Crippen LogP) is 3.96. The highest BCUT2D eigenvalue weighted by atomic mass is 32.1.